The van der Waals surface area contributed by atoms with Gasteiger partial charge in [0.2, 0.25) is 0 Å². The van der Waals surface area contributed by atoms with E-state index in [0.29, 0.717) is 28.0 Å². The molecule has 0 spiro atoms. The van der Waals surface area contributed by atoms with Gasteiger partial charge in [-0.2, -0.15) is 0 Å². The van der Waals surface area contributed by atoms with Crippen molar-refractivity contribution in [2.75, 3.05) is 11.5 Å². The van der Waals surface area contributed by atoms with Crippen LogP contribution in [0.4, 0.5) is 0 Å². The highest BCUT2D eigenvalue weighted by Crippen LogP contribution is 2.29. The molecule has 146 valence electrons. The molecule has 1 aromatic carbocycles. The summed E-state index contributed by atoms with van der Waals surface area (Å²) in [6.45, 7) is 1.78. The molecule has 0 bridgehead atoms. The van der Waals surface area contributed by atoms with Crippen LogP contribution in [0.1, 0.15) is 19.1 Å². The van der Waals surface area contributed by atoms with Crippen LogP contribution in [0.15, 0.2) is 41.0 Å². The van der Waals surface area contributed by atoms with Crippen molar-refractivity contribution in [3.05, 3.63) is 52.4 Å². The summed E-state index contributed by atoms with van der Waals surface area (Å²) >= 11 is 12.0. The van der Waals surface area contributed by atoms with Crippen LogP contribution in [0, 0.1) is 0 Å². The number of carbonyl (C=O) groups is 1. The highest BCUT2D eigenvalue weighted by molar-refractivity contribution is 7.91. The van der Waals surface area contributed by atoms with Gasteiger partial charge in [-0.15, -0.1) is 0 Å². The molecule has 1 aliphatic heterocycles. The summed E-state index contributed by atoms with van der Waals surface area (Å²) in [4.78, 5) is 14.6. The van der Waals surface area contributed by atoms with E-state index < -0.39 is 22.0 Å². The van der Waals surface area contributed by atoms with Crippen molar-refractivity contribution in [3.63, 3.8) is 0 Å². The van der Waals surface area contributed by atoms with Crippen molar-refractivity contribution in [2.45, 2.75) is 32.0 Å². The van der Waals surface area contributed by atoms with Crippen molar-refractivity contribution in [1.82, 2.24) is 4.90 Å². The normalized spacial score (nSPS) is 19.6. The number of hydrogen-bond acceptors (Lipinski definition) is 5. The topological polar surface area (TPSA) is 76.8 Å². The number of ether oxygens (including phenoxy) is 1. The van der Waals surface area contributed by atoms with Crippen LogP contribution in [-0.4, -0.2) is 42.9 Å². The lowest BCUT2D eigenvalue weighted by atomic mass is 10.2. The Kier molecular flexibility index (Phi) is 6.03. The molecule has 1 aliphatic rings. The summed E-state index contributed by atoms with van der Waals surface area (Å²) in [6.07, 6.45) is 1.04. The van der Waals surface area contributed by atoms with Crippen molar-refractivity contribution in [1.29, 1.82) is 0 Å². The molecule has 1 saturated heterocycles. The number of hydrogen-bond donors (Lipinski definition) is 0. The molecule has 0 aliphatic carbocycles. The molecule has 9 heteroatoms. The van der Waals surface area contributed by atoms with Gasteiger partial charge in [0.25, 0.3) is 5.91 Å². The summed E-state index contributed by atoms with van der Waals surface area (Å²) in [5.41, 5.74) is 0. The Morgan fingerprint density at radius 1 is 1.37 bits per heavy atom. The molecule has 2 aromatic rings. The minimum Gasteiger partial charge on any atom is -0.479 e. The number of benzene rings is 1. The summed E-state index contributed by atoms with van der Waals surface area (Å²) in [6, 6.07) is 7.77. The first-order valence-corrected chi connectivity index (χ1v) is 11.0. The van der Waals surface area contributed by atoms with Crippen LogP contribution in [0.25, 0.3) is 0 Å². The lowest BCUT2D eigenvalue weighted by Crippen LogP contribution is -2.46. The SMILES string of the molecule is C[C@@H](Oc1ccc(Cl)cc1Cl)C(=O)N(Cc1ccco1)[C@H]1CCS(=O)(=O)C1. The van der Waals surface area contributed by atoms with Crippen LogP contribution in [0.3, 0.4) is 0 Å². The second kappa shape index (κ2) is 8.12. The smallest absolute Gasteiger partial charge is 0.264 e. The maximum absolute atomic E-state index is 13.0. The molecular formula is C18H19Cl2NO5S. The van der Waals surface area contributed by atoms with E-state index in [2.05, 4.69) is 0 Å². The van der Waals surface area contributed by atoms with Gasteiger partial charge in [0.1, 0.15) is 11.5 Å². The predicted octanol–water partition coefficient (Wildman–Crippen LogP) is 3.57. The van der Waals surface area contributed by atoms with Gasteiger partial charge < -0.3 is 14.1 Å². The van der Waals surface area contributed by atoms with Crippen molar-refractivity contribution in [2.24, 2.45) is 0 Å². The number of rotatable bonds is 6. The van der Waals surface area contributed by atoms with Crippen molar-refractivity contribution >= 4 is 38.9 Å². The molecule has 0 unspecified atom stereocenters. The fourth-order valence-electron chi connectivity index (χ4n) is 3.02. The highest BCUT2D eigenvalue weighted by atomic mass is 35.5. The van der Waals surface area contributed by atoms with Gasteiger partial charge in [-0.25, -0.2) is 8.42 Å². The van der Waals surface area contributed by atoms with Crippen molar-refractivity contribution < 1.29 is 22.4 Å². The summed E-state index contributed by atoms with van der Waals surface area (Å²) in [5.74, 6) is 0.578. The number of amides is 1. The Morgan fingerprint density at radius 3 is 2.74 bits per heavy atom. The lowest BCUT2D eigenvalue weighted by Gasteiger charge is -2.30. The quantitative estimate of drug-likeness (QED) is 0.698. The molecule has 3 rings (SSSR count). The molecule has 2 atom stereocenters. The van der Waals surface area contributed by atoms with Crippen LogP contribution < -0.4 is 4.74 Å². The first-order chi connectivity index (χ1) is 12.7. The zero-order chi connectivity index (χ0) is 19.6. The Labute approximate surface area is 167 Å². The second-order valence-corrected chi connectivity index (χ2v) is 9.51. The molecular weight excluding hydrogens is 413 g/mol. The van der Waals surface area contributed by atoms with Gasteiger partial charge in [0.05, 0.1) is 29.3 Å². The Bertz CT molecular complexity index is 914. The number of halogens is 2. The Morgan fingerprint density at radius 2 is 2.15 bits per heavy atom. The first kappa shape index (κ1) is 20.0. The lowest BCUT2D eigenvalue weighted by molar-refractivity contribution is -0.140. The molecule has 1 aromatic heterocycles. The average Bonchev–Trinajstić information content (AvgIpc) is 3.23. The van der Waals surface area contributed by atoms with E-state index in [1.54, 1.807) is 31.2 Å². The third kappa shape index (κ3) is 4.97. The third-order valence-electron chi connectivity index (χ3n) is 4.38. The van der Waals surface area contributed by atoms with Crippen LogP contribution in [0.2, 0.25) is 10.0 Å². The van der Waals surface area contributed by atoms with Crippen LogP contribution >= 0.6 is 23.2 Å². The minimum absolute atomic E-state index is 0.0616. The molecule has 1 amide bonds. The molecule has 0 saturated carbocycles. The standard InChI is InChI=1S/C18H19Cl2NO5S/c1-12(26-17-5-4-13(19)9-16(17)20)18(22)21(10-15-3-2-7-25-15)14-6-8-27(23,24)11-14/h2-5,7,9,12,14H,6,8,10-11H2,1H3/t12-,14+/m1/s1. The maximum Gasteiger partial charge on any atom is 0.264 e. The Hall–Kier alpha value is -1.70. The van der Waals surface area contributed by atoms with E-state index in [4.69, 9.17) is 32.4 Å². The maximum atomic E-state index is 13.0. The summed E-state index contributed by atoms with van der Waals surface area (Å²) in [7, 11) is -3.15. The molecule has 2 heterocycles. The minimum atomic E-state index is -3.15. The molecule has 0 N–H and O–H groups in total. The van der Waals surface area contributed by atoms with Gasteiger partial charge in [0, 0.05) is 11.1 Å². The van der Waals surface area contributed by atoms with E-state index in [0.717, 1.165) is 0 Å². The molecule has 27 heavy (non-hydrogen) atoms. The van der Waals surface area contributed by atoms with E-state index in [9.17, 15) is 13.2 Å². The number of furan rings is 1. The Balaban J connectivity index is 1.78. The number of carbonyl (C=O) groups excluding carboxylic acids is 1. The van der Waals surface area contributed by atoms with E-state index in [-0.39, 0.29) is 24.0 Å². The first-order valence-electron chi connectivity index (χ1n) is 8.40. The highest BCUT2D eigenvalue weighted by Gasteiger charge is 2.37. The van der Waals surface area contributed by atoms with Gasteiger partial charge in [-0.05, 0) is 43.7 Å². The third-order valence-corrected chi connectivity index (χ3v) is 6.66. The summed E-state index contributed by atoms with van der Waals surface area (Å²) < 4.78 is 34.8. The van der Waals surface area contributed by atoms with Gasteiger partial charge >= 0.3 is 0 Å². The fraction of sp³-hybridized carbons (Fsp3) is 0.389. The predicted molar refractivity (Wildman–Crippen MR) is 103 cm³/mol. The van der Waals surface area contributed by atoms with Gasteiger partial charge in [0.15, 0.2) is 15.9 Å². The zero-order valence-electron chi connectivity index (χ0n) is 14.6. The van der Waals surface area contributed by atoms with E-state index >= 15 is 0 Å². The fourth-order valence-corrected chi connectivity index (χ4v) is 5.21. The average molecular weight is 432 g/mol. The largest absolute Gasteiger partial charge is 0.479 e. The number of nitrogens with zero attached hydrogens (tertiary/aromatic N) is 1. The second-order valence-electron chi connectivity index (χ2n) is 6.44. The van der Waals surface area contributed by atoms with E-state index in [1.165, 1.54) is 17.2 Å². The van der Waals surface area contributed by atoms with Crippen molar-refractivity contribution in [3.8, 4) is 5.75 Å². The van der Waals surface area contributed by atoms with Gasteiger partial charge in [-0.1, -0.05) is 23.2 Å². The molecule has 6 nitrogen and oxygen atoms in total. The van der Waals surface area contributed by atoms with Gasteiger partial charge in [-0.3, -0.25) is 4.79 Å². The monoisotopic (exact) mass is 431 g/mol. The summed E-state index contributed by atoms with van der Waals surface area (Å²) in [5, 5.41) is 0.755. The van der Waals surface area contributed by atoms with Crippen LogP contribution in [-0.2, 0) is 21.2 Å². The molecule has 1 fully saturated rings. The number of sulfone groups is 1. The van der Waals surface area contributed by atoms with Crippen LogP contribution in [0.5, 0.6) is 5.75 Å². The van der Waals surface area contributed by atoms with E-state index in [1.807, 2.05) is 0 Å². The molecule has 0 radical (unpaired) electrons. The zero-order valence-corrected chi connectivity index (χ0v) is 16.9.